The number of halogens is 2. The van der Waals surface area contributed by atoms with Crippen molar-refractivity contribution in [3.8, 4) is 0 Å². The van der Waals surface area contributed by atoms with E-state index in [1.54, 1.807) is 76.2 Å². The lowest BCUT2D eigenvalue weighted by atomic mass is 9.80. The van der Waals surface area contributed by atoms with Gasteiger partial charge in [-0.2, -0.15) is 0 Å². The molecule has 0 aromatic heterocycles. The van der Waals surface area contributed by atoms with Crippen molar-refractivity contribution < 1.29 is 83.0 Å². The summed E-state index contributed by atoms with van der Waals surface area (Å²) in [6, 6.07) is 12.9. The number of hydrogen-bond acceptors (Lipinski definition) is 19. The molecule has 11 N–H and O–H groups in total. The van der Waals surface area contributed by atoms with Crippen LogP contribution in [0.1, 0.15) is 76.3 Å². The summed E-state index contributed by atoms with van der Waals surface area (Å²) in [6.07, 6.45) is 0.190. The number of carbonyl (C=O) groups excluding carboxylic acids is 7. The van der Waals surface area contributed by atoms with Gasteiger partial charge in [0.05, 0.1) is 124 Å². The number of carbonyl (C=O) groups is 7. The van der Waals surface area contributed by atoms with Crippen molar-refractivity contribution in [1.82, 2.24) is 21.3 Å². The van der Waals surface area contributed by atoms with E-state index >= 15 is 0 Å². The van der Waals surface area contributed by atoms with E-state index in [-0.39, 0.29) is 49.4 Å². The number of quaternary nitrogens is 1. The number of methoxy groups -OCH3 is 2. The van der Waals surface area contributed by atoms with Crippen molar-refractivity contribution in [3.63, 3.8) is 0 Å². The highest BCUT2D eigenvalue weighted by atomic mass is 35.5. The van der Waals surface area contributed by atoms with Gasteiger partial charge >= 0.3 is 23.9 Å². The number of dihydropyridines is 2. The van der Waals surface area contributed by atoms with E-state index in [0.717, 1.165) is 0 Å². The second-order valence-corrected chi connectivity index (χ2v) is 17.1. The molecule has 0 bridgehead atoms. The molecule has 2 saturated heterocycles. The maximum atomic E-state index is 12.9. The number of benzene rings is 2. The molecule has 74 heavy (non-hydrogen) atoms. The second-order valence-electron chi connectivity index (χ2n) is 16.3. The van der Waals surface area contributed by atoms with Gasteiger partial charge in [-0.3, -0.25) is 9.59 Å². The molecule has 22 nitrogen and oxygen atoms in total. The van der Waals surface area contributed by atoms with Gasteiger partial charge in [-0.05, 0) is 63.8 Å². The highest BCUT2D eigenvalue weighted by molar-refractivity contribution is 6.32. The first-order valence-electron chi connectivity index (χ1n) is 23.5. The maximum Gasteiger partial charge on any atom is 0.336 e. The van der Waals surface area contributed by atoms with E-state index in [4.69, 9.17) is 67.6 Å². The molecule has 0 saturated carbocycles. The van der Waals surface area contributed by atoms with Gasteiger partial charge in [-0.15, -0.1) is 0 Å². The zero-order valence-corrected chi connectivity index (χ0v) is 43.7. The van der Waals surface area contributed by atoms with Crippen LogP contribution < -0.4 is 37.8 Å². The molecule has 0 radical (unpaired) electrons. The fraction of sp³-hybridized carbons (Fsp3) is 0.460. The molecule has 2 aromatic rings. The van der Waals surface area contributed by atoms with E-state index < -0.39 is 60.1 Å². The number of aliphatic hydroxyl groups is 2. The van der Waals surface area contributed by atoms with E-state index in [2.05, 4.69) is 27.0 Å². The molecular formula is C50H66Cl2N6O16. The lowest BCUT2D eigenvalue weighted by Gasteiger charge is -2.31. The lowest BCUT2D eigenvalue weighted by Crippen LogP contribution is -2.52. The number of aliphatic hydroxyl groups excluding tert-OH is 1. The Labute approximate surface area is 438 Å². The molecule has 4 aliphatic heterocycles. The third-order valence-corrected chi connectivity index (χ3v) is 11.9. The summed E-state index contributed by atoms with van der Waals surface area (Å²) in [7, 11) is 2.59. The van der Waals surface area contributed by atoms with Crippen molar-refractivity contribution in [2.45, 2.75) is 83.6 Å². The van der Waals surface area contributed by atoms with Gasteiger partial charge < -0.3 is 81.3 Å². The van der Waals surface area contributed by atoms with Crippen LogP contribution >= 0.6 is 23.2 Å². The quantitative estimate of drug-likeness (QED) is 0.0434. The predicted octanol–water partition coefficient (Wildman–Crippen LogP) is 0.406. The molecule has 2 aromatic carbocycles. The highest BCUT2D eigenvalue weighted by Gasteiger charge is 2.41. The van der Waals surface area contributed by atoms with Crippen LogP contribution in [0.15, 0.2) is 93.6 Å². The van der Waals surface area contributed by atoms with Gasteiger partial charge in [0.25, 0.3) is 0 Å². The number of aliphatic carboxylic acids is 1. The smallest absolute Gasteiger partial charge is 0.336 e. The summed E-state index contributed by atoms with van der Waals surface area (Å²) in [5.74, 6) is -5.19. The number of nitrogens with two attached hydrogens (primary N) is 1. The molecule has 24 heteroatoms. The number of ether oxygens (including phenoxy) is 6. The largest absolute Gasteiger partial charge is 0.548 e. The van der Waals surface area contributed by atoms with Crippen LogP contribution in [0, 0.1) is 0 Å². The molecule has 4 aliphatic rings. The first kappa shape index (κ1) is 61.9. The number of carboxylic acids is 1. The van der Waals surface area contributed by atoms with E-state index in [1.807, 2.05) is 0 Å². The number of carboxylic acid groups (broad SMARTS) is 1. The molecule has 4 atom stereocenters. The molecule has 2 fully saturated rings. The first-order chi connectivity index (χ1) is 35.3. The topological polar surface area (TPSA) is 340 Å². The molecule has 2 amide bonds. The first-order valence-corrected chi connectivity index (χ1v) is 24.3. The van der Waals surface area contributed by atoms with Gasteiger partial charge in [-0.25, -0.2) is 19.2 Å². The van der Waals surface area contributed by atoms with Crippen LogP contribution in [0.2, 0.25) is 10.0 Å². The van der Waals surface area contributed by atoms with Gasteiger partial charge in [0.2, 0.25) is 11.8 Å². The van der Waals surface area contributed by atoms with Crippen LogP contribution in [0.3, 0.4) is 0 Å². The van der Waals surface area contributed by atoms with Crippen molar-refractivity contribution in [3.05, 3.63) is 115 Å². The minimum absolute atomic E-state index is 0.104. The number of amides is 2. The minimum Gasteiger partial charge on any atom is -0.548 e. The number of hydrogen-bond donors (Lipinski definition) is 8. The van der Waals surface area contributed by atoms with Crippen molar-refractivity contribution in [2.24, 2.45) is 5.73 Å². The highest BCUT2D eigenvalue weighted by Crippen LogP contribution is 2.43. The van der Waals surface area contributed by atoms with Crippen molar-refractivity contribution in [1.29, 1.82) is 0 Å². The molecule has 0 spiro atoms. The maximum absolute atomic E-state index is 12.9. The Morgan fingerprint density at radius 2 is 1.14 bits per heavy atom. The van der Waals surface area contributed by atoms with Crippen molar-refractivity contribution >= 4 is 64.9 Å². The lowest BCUT2D eigenvalue weighted by molar-refractivity contribution is -0.373. The molecular weight excluding hydrogens is 1010 g/mol. The Morgan fingerprint density at radius 3 is 1.45 bits per heavy atom. The van der Waals surface area contributed by atoms with Gasteiger partial charge in [-0.1, -0.05) is 59.6 Å². The number of nitrogens with one attached hydrogen (secondary N) is 4. The predicted molar refractivity (Wildman–Crippen MR) is 265 cm³/mol. The Hall–Kier alpha value is -6.37. The third kappa shape index (κ3) is 17.4. The third-order valence-electron chi connectivity index (χ3n) is 11.2. The van der Waals surface area contributed by atoms with Crippen LogP contribution in [-0.4, -0.2) is 137 Å². The van der Waals surface area contributed by atoms with Crippen LogP contribution in [0.4, 0.5) is 0 Å². The average Bonchev–Trinajstić information content (AvgIpc) is 4.02. The Bertz CT molecular complexity index is 2330. The number of allylic oxidation sites excluding steroid dienone is 2. The zero-order valence-electron chi connectivity index (χ0n) is 42.1. The van der Waals surface area contributed by atoms with E-state index in [0.29, 0.717) is 107 Å². The summed E-state index contributed by atoms with van der Waals surface area (Å²) in [4.78, 5) is 81.7. The number of esters is 4. The summed E-state index contributed by atoms with van der Waals surface area (Å²) < 4.78 is 31.7. The molecule has 4 unspecified atom stereocenters. The Balaban J connectivity index is 0.000000292. The van der Waals surface area contributed by atoms with E-state index in [9.17, 15) is 38.7 Å². The molecule has 0 aliphatic carbocycles. The van der Waals surface area contributed by atoms with Gasteiger partial charge in [0.1, 0.15) is 0 Å². The SMILES string of the molecule is CCOC(=O)C1=C(COCCN)NC(C)=C(C(=O)OC)C1c1ccccc1Cl.CCOC(=O)C1=C(COCC[NH3+])NC(C)=C(C(=O)OC)C1c1ccccc1Cl.O=C1CCC(C(=O)[O-])N1.O=C1CCC(C(O)O)N1. The summed E-state index contributed by atoms with van der Waals surface area (Å²) >= 11 is 12.9. The fourth-order valence-electron chi connectivity index (χ4n) is 7.91. The summed E-state index contributed by atoms with van der Waals surface area (Å²) in [5, 5.41) is 38.8. The average molecular weight is 1080 g/mol. The van der Waals surface area contributed by atoms with Gasteiger partial charge in [0, 0.05) is 40.8 Å². The van der Waals surface area contributed by atoms with Crippen LogP contribution in [0.5, 0.6) is 0 Å². The Morgan fingerprint density at radius 1 is 0.703 bits per heavy atom. The Kier molecular flexibility index (Phi) is 26.3. The molecule has 406 valence electrons. The molecule has 4 heterocycles. The van der Waals surface area contributed by atoms with Crippen LogP contribution in [0.25, 0.3) is 0 Å². The number of rotatable bonds is 18. The van der Waals surface area contributed by atoms with Gasteiger partial charge in [0.15, 0.2) is 6.29 Å². The van der Waals surface area contributed by atoms with E-state index in [1.165, 1.54) is 14.2 Å². The second kappa shape index (κ2) is 31.4. The van der Waals surface area contributed by atoms with Crippen LogP contribution in [-0.2, 0) is 62.0 Å². The monoisotopic (exact) mass is 1080 g/mol. The summed E-state index contributed by atoms with van der Waals surface area (Å²) in [5.41, 5.74) is 13.7. The zero-order chi connectivity index (χ0) is 55.1. The summed E-state index contributed by atoms with van der Waals surface area (Å²) in [6.45, 7) is 9.26. The normalized spacial score (nSPS) is 19.0. The standard InChI is InChI=1S/2C20H25ClN2O5.C5H9NO3.C5H7NO3/c2*1-4-28-20(25)18-15(11-27-10-9-22)23-12(2)16(19(24)26-3)17(18)13-7-5-6-8-14(13)21;2*7-4-2-1-3(6-4)5(8)9/h2*5-8,17,23H,4,9-11,22H2,1-3H3;3,5,8-9H,1-2H2,(H,6,7);3H,1-2H2,(H,6,7)(H,8,9). The van der Waals surface area contributed by atoms with Crippen molar-refractivity contribution in [2.75, 3.05) is 67.0 Å². The fourth-order valence-corrected chi connectivity index (χ4v) is 8.40. The molecule has 6 rings (SSSR count). The minimum atomic E-state index is -1.41.